The van der Waals surface area contributed by atoms with Crippen LogP contribution in [0.5, 0.6) is 5.75 Å². The number of rotatable bonds is 7. The van der Waals surface area contributed by atoms with E-state index in [0.717, 1.165) is 46.0 Å². The maximum Gasteiger partial charge on any atom is 0.355 e. The molecule has 0 saturated carbocycles. The van der Waals surface area contributed by atoms with Gasteiger partial charge in [0.1, 0.15) is 11.4 Å². The number of benzene rings is 3. The molecule has 0 spiro atoms. The normalized spacial score (nSPS) is 11.1. The van der Waals surface area contributed by atoms with Crippen LogP contribution in [0.1, 0.15) is 35.0 Å². The number of aryl methyl sites for hydroxylation is 2. The van der Waals surface area contributed by atoms with Crippen LogP contribution >= 0.6 is 0 Å². The van der Waals surface area contributed by atoms with Crippen molar-refractivity contribution in [3.8, 4) is 5.75 Å². The highest BCUT2D eigenvalue weighted by Gasteiger charge is 2.18. The van der Waals surface area contributed by atoms with E-state index in [1.165, 1.54) is 5.39 Å². The largest absolute Gasteiger partial charge is 0.493 e. The van der Waals surface area contributed by atoms with Crippen LogP contribution in [-0.2, 0) is 11.2 Å². The SMILES string of the molecule is CCOC(=O)c1[nH]c2cc(C)ccc2c1CCCOc1cccc2ccccc12. The molecule has 0 saturated heterocycles. The van der Waals surface area contributed by atoms with Crippen molar-refractivity contribution < 1.29 is 14.3 Å². The molecular weight excluding hydrogens is 362 g/mol. The molecule has 0 aliphatic rings. The van der Waals surface area contributed by atoms with Gasteiger partial charge in [-0.3, -0.25) is 0 Å². The molecule has 1 heterocycles. The summed E-state index contributed by atoms with van der Waals surface area (Å²) in [6, 6.07) is 20.5. The summed E-state index contributed by atoms with van der Waals surface area (Å²) < 4.78 is 11.3. The van der Waals surface area contributed by atoms with E-state index in [1.54, 1.807) is 0 Å². The minimum atomic E-state index is -0.300. The summed E-state index contributed by atoms with van der Waals surface area (Å²) in [7, 11) is 0. The number of fused-ring (bicyclic) bond motifs is 2. The second kappa shape index (κ2) is 8.39. The molecule has 4 rings (SSSR count). The Morgan fingerprint density at radius 2 is 1.83 bits per heavy atom. The third-order valence-corrected chi connectivity index (χ3v) is 5.12. The second-order valence-corrected chi connectivity index (χ2v) is 7.18. The standard InChI is InChI=1S/C25H25NO3/c1-3-28-25(27)24-21(20-14-13-17(2)16-22(20)26-24)11-7-15-29-23-12-6-9-18-8-4-5-10-19(18)23/h4-6,8-10,12-14,16,26H,3,7,11,15H2,1-2H3. The smallest absolute Gasteiger partial charge is 0.355 e. The quantitative estimate of drug-likeness (QED) is 0.321. The van der Waals surface area contributed by atoms with Gasteiger partial charge in [0.05, 0.1) is 13.2 Å². The Hall–Kier alpha value is -3.27. The van der Waals surface area contributed by atoms with Crippen molar-refractivity contribution in [3.05, 3.63) is 77.5 Å². The number of ether oxygens (including phenoxy) is 2. The van der Waals surface area contributed by atoms with Crippen molar-refractivity contribution in [1.82, 2.24) is 4.98 Å². The number of H-pyrrole nitrogens is 1. The van der Waals surface area contributed by atoms with Gasteiger partial charge in [0.25, 0.3) is 0 Å². The monoisotopic (exact) mass is 387 g/mol. The molecule has 0 radical (unpaired) electrons. The van der Waals surface area contributed by atoms with E-state index in [2.05, 4.69) is 41.4 Å². The number of nitrogens with one attached hydrogen (secondary N) is 1. The number of aromatic nitrogens is 1. The van der Waals surface area contributed by atoms with Gasteiger partial charge in [-0.15, -0.1) is 0 Å². The van der Waals surface area contributed by atoms with Gasteiger partial charge in [0.15, 0.2) is 0 Å². The zero-order chi connectivity index (χ0) is 20.2. The summed E-state index contributed by atoms with van der Waals surface area (Å²) in [5.74, 6) is 0.592. The lowest BCUT2D eigenvalue weighted by Gasteiger charge is -2.10. The van der Waals surface area contributed by atoms with Gasteiger partial charge in [0, 0.05) is 16.3 Å². The van der Waals surface area contributed by atoms with Crippen molar-refractivity contribution >= 4 is 27.6 Å². The number of carbonyl (C=O) groups excluding carboxylic acids is 1. The summed E-state index contributed by atoms with van der Waals surface area (Å²) in [6.07, 6.45) is 1.54. The summed E-state index contributed by atoms with van der Waals surface area (Å²) in [6.45, 7) is 4.80. The van der Waals surface area contributed by atoms with E-state index in [-0.39, 0.29) is 5.97 Å². The first kappa shape index (κ1) is 19.1. The van der Waals surface area contributed by atoms with Crippen molar-refractivity contribution in [3.63, 3.8) is 0 Å². The fraction of sp³-hybridized carbons (Fsp3) is 0.240. The highest BCUT2D eigenvalue weighted by atomic mass is 16.5. The molecule has 1 aromatic heterocycles. The Kier molecular flexibility index (Phi) is 5.52. The molecule has 29 heavy (non-hydrogen) atoms. The Balaban J connectivity index is 1.51. The number of hydrogen-bond donors (Lipinski definition) is 1. The lowest BCUT2D eigenvalue weighted by molar-refractivity contribution is 0.0519. The first-order chi connectivity index (χ1) is 14.2. The Bertz CT molecular complexity index is 1150. The number of esters is 1. The van der Waals surface area contributed by atoms with Crippen LogP contribution in [0.25, 0.3) is 21.7 Å². The fourth-order valence-electron chi connectivity index (χ4n) is 3.76. The summed E-state index contributed by atoms with van der Waals surface area (Å²) in [5.41, 5.74) is 3.68. The molecule has 0 fully saturated rings. The number of hydrogen-bond acceptors (Lipinski definition) is 3. The molecule has 0 bridgehead atoms. The van der Waals surface area contributed by atoms with Crippen LogP contribution in [0.4, 0.5) is 0 Å². The van der Waals surface area contributed by atoms with Gasteiger partial charge in [-0.05, 0) is 55.3 Å². The summed E-state index contributed by atoms with van der Waals surface area (Å²) in [5, 5.41) is 3.36. The highest BCUT2D eigenvalue weighted by Crippen LogP contribution is 2.27. The number of carbonyl (C=O) groups is 1. The predicted octanol–water partition coefficient (Wildman–Crippen LogP) is 5.82. The van der Waals surface area contributed by atoms with Crippen molar-refractivity contribution in [2.75, 3.05) is 13.2 Å². The highest BCUT2D eigenvalue weighted by molar-refractivity contribution is 5.98. The second-order valence-electron chi connectivity index (χ2n) is 7.18. The van der Waals surface area contributed by atoms with Crippen LogP contribution in [-0.4, -0.2) is 24.2 Å². The van der Waals surface area contributed by atoms with E-state index in [1.807, 2.05) is 38.1 Å². The first-order valence-corrected chi connectivity index (χ1v) is 10.1. The van der Waals surface area contributed by atoms with Crippen molar-refractivity contribution in [1.29, 1.82) is 0 Å². The third kappa shape index (κ3) is 3.97. The van der Waals surface area contributed by atoms with E-state index in [0.29, 0.717) is 18.9 Å². The lowest BCUT2D eigenvalue weighted by Crippen LogP contribution is -2.09. The lowest BCUT2D eigenvalue weighted by atomic mass is 10.0. The Morgan fingerprint density at radius 3 is 2.69 bits per heavy atom. The molecule has 1 N–H and O–H groups in total. The third-order valence-electron chi connectivity index (χ3n) is 5.12. The van der Waals surface area contributed by atoms with Crippen LogP contribution in [0, 0.1) is 6.92 Å². The van der Waals surface area contributed by atoms with Gasteiger partial charge in [-0.1, -0.05) is 48.5 Å². The summed E-state index contributed by atoms with van der Waals surface area (Å²) in [4.78, 5) is 15.7. The maximum absolute atomic E-state index is 12.4. The van der Waals surface area contributed by atoms with E-state index in [4.69, 9.17) is 9.47 Å². The van der Waals surface area contributed by atoms with Gasteiger partial charge < -0.3 is 14.5 Å². The molecule has 148 valence electrons. The summed E-state index contributed by atoms with van der Waals surface area (Å²) >= 11 is 0. The Morgan fingerprint density at radius 1 is 1.00 bits per heavy atom. The molecule has 0 atom stereocenters. The van der Waals surface area contributed by atoms with E-state index < -0.39 is 0 Å². The molecule has 0 unspecified atom stereocenters. The van der Waals surface area contributed by atoms with Gasteiger partial charge in [-0.25, -0.2) is 4.79 Å². The topological polar surface area (TPSA) is 51.3 Å². The van der Waals surface area contributed by atoms with Gasteiger partial charge >= 0.3 is 5.97 Å². The molecule has 3 aromatic carbocycles. The van der Waals surface area contributed by atoms with Crippen LogP contribution in [0.2, 0.25) is 0 Å². The van der Waals surface area contributed by atoms with Crippen LogP contribution in [0.15, 0.2) is 60.7 Å². The van der Waals surface area contributed by atoms with Gasteiger partial charge in [0.2, 0.25) is 0 Å². The molecule has 0 amide bonds. The predicted molar refractivity (Wildman–Crippen MR) is 117 cm³/mol. The first-order valence-electron chi connectivity index (χ1n) is 10.1. The molecule has 4 nitrogen and oxygen atoms in total. The maximum atomic E-state index is 12.4. The average Bonchev–Trinajstić information content (AvgIpc) is 3.09. The molecule has 0 aliphatic carbocycles. The van der Waals surface area contributed by atoms with Crippen molar-refractivity contribution in [2.45, 2.75) is 26.7 Å². The Labute approximate surface area is 170 Å². The molecule has 0 aliphatic heterocycles. The van der Waals surface area contributed by atoms with Crippen LogP contribution < -0.4 is 4.74 Å². The fourth-order valence-corrected chi connectivity index (χ4v) is 3.76. The van der Waals surface area contributed by atoms with Crippen molar-refractivity contribution in [2.24, 2.45) is 0 Å². The number of aromatic amines is 1. The molecular formula is C25H25NO3. The van der Waals surface area contributed by atoms with E-state index in [9.17, 15) is 4.79 Å². The minimum Gasteiger partial charge on any atom is -0.493 e. The van der Waals surface area contributed by atoms with Gasteiger partial charge in [-0.2, -0.15) is 0 Å². The molecule has 4 aromatic rings. The van der Waals surface area contributed by atoms with E-state index >= 15 is 0 Å². The zero-order valence-electron chi connectivity index (χ0n) is 16.8. The minimum absolute atomic E-state index is 0.300. The van der Waals surface area contributed by atoms with Crippen LogP contribution in [0.3, 0.4) is 0 Å². The zero-order valence-corrected chi connectivity index (χ0v) is 16.8. The average molecular weight is 387 g/mol. The molecule has 4 heteroatoms.